The Balaban J connectivity index is 1.66. The first-order chi connectivity index (χ1) is 14.6. The molecule has 0 bridgehead atoms. The molecule has 0 spiro atoms. The third kappa shape index (κ3) is 4.78. The Hall–Kier alpha value is -3.38. The second-order valence-corrected chi connectivity index (χ2v) is 7.26. The van der Waals surface area contributed by atoms with E-state index in [4.69, 9.17) is 14.2 Å². The first-order valence-electron chi connectivity index (χ1n) is 9.92. The van der Waals surface area contributed by atoms with E-state index in [0.29, 0.717) is 30.4 Å². The van der Waals surface area contributed by atoms with Gasteiger partial charge in [0.25, 0.3) is 0 Å². The highest BCUT2D eigenvalue weighted by Gasteiger charge is 2.12. The van der Waals surface area contributed by atoms with Gasteiger partial charge in [0, 0.05) is 24.4 Å². The Morgan fingerprint density at radius 3 is 2.57 bits per heavy atom. The van der Waals surface area contributed by atoms with Gasteiger partial charge in [-0.25, -0.2) is 9.97 Å². The summed E-state index contributed by atoms with van der Waals surface area (Å²) in [7, 11) is 1.66. The molecule has 2 heterocycles. The van der Waals surface area contributed by atoms with Gasteiger partial charge < -0.3 is 19.2 Å². The summed E-state index contributed by atoms with van der Waals surface area (Å²) in [5.41, 5.74) is 4.48. The lowest BCUT2D eigenvalue weighted by Gasteiger charge is -2.16. The fraction of sp³-hybridized carbons (Fsp3) is 0.250. The van der Waals surface area contributed by atoms with Gasteiger partial charge >= 0.3 is 0 Å². The van der Waals surface area contributed by atoms with E-state index in [9.17, 15) is 0 Å². The lowest BCUT2D eigenvalue weighted by molar-refractivity contribution is 0.0919. The average molecular weight is 403 g/mol. The van der Waals surface area contributed by atoms with Crippen LogP contribution in [0.15, 0.2) is 60.7 Å². The summed E-state index contributed by atoms with van der Waals surface area (Å²) in [6.45, 7) is 4.89. The van der Waals surface area contributed by atoms with Crippen LogP contribution >= 0.6 is 0 Å². The van der Waals surface area contributed by atoms with Gasteiger partial charge in [-0.2, -0.15) is 0 Å². The van der Waals surface area contributed by atoms with Crippen molar-refractivity contribution in [3.63, 3.8) is 0 Å². The van der Waals surface area contributed by atoms with Gasteiger partial charge in [0.2, 0.25) is 0 Å². The number of rotatable bonds is 8. The number of nitrogens with one attached hydrogen (secondary N) is 1. The topological polar surface area (TPSA) is 69.3 Å². The molecular weight excluding hydrogens is 378 g/mol. The van der Waals surface area contributed by atoms with Gasteiger partial charge in [0.1, 0.15) is 30.0 Å². The van der Waals surface area contributed by atoms with Gasteiger partial charge in [-0.15, -0.1) is 0 Å². The smallest absolute Gasteiger partial charge is 0.178 e. The summed E-state index contributed by atoms with van der Waals surface area (Å²) in [5, 5.41) is 0. The predicted octanol–water partition coefficient (Wildman–Crippen LogP) is 4.93. The Morgan fingerprint density at radius 2 is 1.77 bits per heavy atom. The fourth-order valence-corrected chi connectivity index (χ4v) is 3.23. The van der Waals surface area contributed by atoms with Crippen molar-refractivity contribution in [1.82, 2.24) is 15.0 Å². The van der Waals surface area contributed by atoms with Gasteiger partial charge in [-0.05, 0) is 43.7 Å². The van der Waals surface area contributed by atoms with Crippen molar-refractivity contribution in [2.45, 2.75) is 26.6 Å². The van der Waals surface area contributed by atoms with Crippen molar-refractivity contribution in [2.24, 2.45) is 0 Å². The van der Waals surface area contributed by atoms with Crippen LogP contribution in [-0.2, 0) is 11.3 Å². The maximum atomic E-state index is 6.06. The molecule has 30 heavy (non-hydrogen) atoms. The van der Waals surface area contributed by atoms with E-state index in [1.807, 2.05) is 74.5 Å². The number of imidazole rings is 1. The van der Waals surface area contributed by atoms with Crippen molar-refractivity contribution in [3.8, 4) is 22.9 Å². The summed E-state index contributed by atoms with van der Waals surface area (Å²) in [6.07, 6.45) is -0.0905. The van der Waals surface area contributed by atoms with Crippen LogP contribution in [0.5, 0.6) is 11.5 Å². The van der Waals surface area contributed by atoms with E-state index in [1.165, 1.54) is 0 Å². The number of fused-ring (bicyclic) bond motifs is 1. The molecule has 4 aromatic rings. The first-order valence-corrected chi connectivity index (χ1v) is 9.92. The van der Waals surface area contributed by atoms with Crippen LogP contribution in [0.1, 0.15) is 18.2 Å². The molecule has 0 fully saturated rings. The maximum absolute atomic E-state index is 6.06. The van der Waals surface area contributed by atoms with Gasteiger partial charge in [0.15, 0.2) is 5.65 Å². The molecule has 0 aliphatic carbocycles. The van der Waals surface area contributed by atoms with Gasteiger partial charge in [-0.1, -0.05) is 30.3 Å². The second kappa shape index (κ2) is 8.97. The lowest BCUT2D eigenvalue weighted by Crippen LogP contribution is -2.18. The number of aromatic nitrogens is 3. The third-order valence-corrected chi connectivity index (χ3v) is 4.63. The van der Waals surface area contributed by atoms with Crippen molar-refractivity contribution < 1.29 is 14.2 Å². The molecule has 0 aliphatic rings. The van der Waals surface area contributed by atoms with Crippen molar-refractivity contribution >= 4 is 11.2 Å². The minimum absolute atomic E-state index is 0.0905. The van der Waals surface area contributed by atoms with Crippen molar-refractivity contribution in [3.05, 3.63) is 71.9 Å². The maximum Gasteiger partial charge on any atom is 0.178 e. The molecule has 4 rings (SSSR count). The number of hydrogen-bond acceptors (Lipinski definition) is 5. The number of methoxy groups -OCH3 is 1. The zero-order valence-corrected chi connectivity index (χ0v) is 17.4. The van der Waals surface area contributed by atoms with E-state index in [0.717, 1.165) is 28.2 Å². The summed E-state index contributed by atoms with van der Waals surface area (Å²) >= 11 is 0. The van der Waals surface area contributed by atoms with Gasteiger partial charge in [0.05, 0.1) is 12.1 Å². The minimum atomic E-state index is -0.0905. The van der Waals surface area contributed by atoms with Crippen LogP contribution in [0.25, 0.3) is 22.6 Å². The van der Waals surface area contributed by atoms with Crippen LogP contribution in [0.4, 0.5) is 0 Å². The molecule has 154 valence electrons. The van der Waals surface area contributed by atoms with Crippen LogP contribution < -0.4 is 9.47 Å². The molecule has 1 atom stereocenters. The minimum Gasteiger partial charge on any atom is -0.489 e. The zero-order valence-electron chi connectivity index (χ0n) is 17.4. The van der Waals surface area contributed by atoms with E-state index < -0.39 is 0 Å². The monoisotopic (exact) mass is 403 g/mol. The lowest BCUT2D eigenvalue weighted by atomic mass is 10.2. The Labute approximate surface area is 175 Å². The van der Waals surface area contributed by atoms with Crippen LogP contribution in [0.3, 0.4) is 0 Å². The molecule has 0 aliphatic heterocycles. The number of pyridine rings is 1. The summed E-state index contributed by atoms with van der Waals surface area (Å²) in [6, 6.07) is 19.8. The Morgan fingerprint density at radius 1 is 0.967 bits per heavy atom. The average Bonchev–Trinajstić information content (AvgIpc) is 3.16. The highest BCUT2D eigenvalue weighted by atomic mass is 16.5. The molecule has 0 saturated carbocycles. The SMILES string of the molecule is COC[C@H](C)Oc1cc(OCc2ccccc2)cc(-c2nc3nc(C)ccc3[nH]2)c1. The quantitative estimate of drug-likeness (QED) is 0.452. The first kappa shape index (κ1) is 19.9. The summed E-state index contributed by atoms with van der Waals surface area (Å²) in [4.78, 5) is 12.5. The molecule has 6 nitrogen and oxygen atoms in total. The number of benzene rings is 2. The molecule has 2 aromatic carbocycles. The number of H-pyrrole nitrogens is 1. The van der Waals surface area contributed by atoms with Crippen molar-refractivity contribution in [2.75, 3.05) is 13.7 Å². The third-order valence-electron chi connectivity index (χ3n) is 4.63. The van der Waals surface area contributed by atoms with Crippen molar-refractivity contribution in [1.29, 1.82) is 0 Å². The summed E-state index contributed by atoms with van der Waals surface area (Å²) < 4.78 is 17.3. The van der Waals surface area contributed by atoms with Gasteiger partial charge in [-0.3, -0.25) is 0 Å². The van der Waals surface area contributed by atoms with E-state index >= 15 is 0 Å². The molecule has 0 amide bonds. The molecule has 1 N–H and O–H groups in total. The molecule has 6 heteroatoms. The Kier molecular flexibility index (Phi) is 5.95. The molecule has 0 unspecified atom stereocenters. The number of hydrogen-bond donors (Lipinski definition) is 1. The zero-order chi connectivity index (χ0) is 20.9. The number of nitrogens with zero attached hydrogens (tertiary/aromatic N) is 2. The highest BCUT2D eigenvalue weighted by molar-refractivity contribution is 5.76. The predicted molar refractivity (Wildman–Crippen MR) is 117 cm³/mol. The molecule has 0 radical (unpaired) electrons. The van der Waals surface area contributed by atoms with E-state index in [-0.39, 0.29) is 6.10 Å². The standard InChI is InChI=1S/C24H25N3O3/c1-16-9-10-22-24(25-16)27-23(26-22)19-11-20(29-15-18-7-5-4-6-8-18)13-21(12-19)30-17(2)14-28-3/h4-13,17H,14-15H2,1-3H3,(H,25,26,27)/t17-/m0/s1. The van der Waals surface area contributed by atoms with Crippen LogP contribution in [-0.4, -0.2) is 34.8 Å². The number of aryl methyl sites for hydroxylation is 1. The van der Waals surface area contributed by atoms with Crippen LogP contribution in [0, 0.1) is 6.92 Å². The summed E-state index contributed by atoms with van der Waals surface area (Å²) in [5.74, 6) is 2.13. The highest BCUT2D eigenvalue weighted by Crippen LogP contribution is 2.30. The number of ether oxygens (including phenoxy) is 3. The van der Waals surface area contributed by atoms with Crippen LogP contribution in [0.2, 0.25) is 0 Å². The largest absolute Gasteiger partial charge is 0.489 e. The Bertz CT molecular complexity index is 1130. The fourth-order valence-electron chi connectivity index (χ4n) is 3.23. The molecular formula is C24H25N3O3. The second-order valence-electron chi connectivity index (χ2n) is 7.26. The molecule has 2 aromatic heterocycles. The molecule has 0 saturated heterocycles. The normalized spacial score (nSPS) is 12.1. The van der Waals surface area contributed by atoms with E-state index in [1.54, 1.807) is 7.11 Å². The number of aromatic amines is 1. The van der Waals surface area contributed by atoms with E-state index in [2.05, 4.69) is 15.0 Å².